The lowest BCUT2D eigenvalue weighted by Gasteiger charge is -2.40. The van der Waals surface area contributed by atoms with Crippen LogP contribution in [-0.4, -0.2) is 28.2 Å². The van der Waals surface area contributed by atoms with Crippen LogP contribution in [0.5, 0.6) is 11.5 Å². The second-order valence-electron chi connectivity index (χ2n) is 9.98. The van der Waals surface area contributed by atoms with Gasteiger partial charge in [0.1, 0.15) is 0 Å². The van der Waals surface area contributed by atoms with Crippen molar-refractivity contribution in [3.8, 4) is 17.2 Å². The van der Waals surface area contributed by atoms with Crippen molar-refractivity contribution in [2.75, 3.05) is 17.0 Å². The molecular weight excluding hydrogens is 536 g/mol. The van der Waals surface area contributed by atoms with Gasteiger partial charge in [-0.15, -0.1) is 0 Å². The van der Waals surface area contributed by atoms with Crippen LogP contribution >= 0.6 is 11.6 Å². The van der Waals surface area contributed by atoms with E-state index in [1.165, 1.54) is 0 Å². The fraction of sp³-hybridized carbons (Fsp3) is 0.0938. The molecule has 8 nitrogen and oxygen atoms in total. The zero-order valence-corrected chi connectivity index (χ0v) is 22.7. The molecule has 0 fully saturated rings. The fourth-order valence-corrected chi connectivity index (χ4v) is 5.85. The standard InChI is InChI=1S/C32H23ClN6O2/c1-19-28-29(20-8-7-9-21(33)16-20)38-25-13-6-5-12-24(25)35-30(34-22-14-15-26-27(17-22)41-18-40-26)32(38)36-31(28)39(37-19)23-10-3-2-4-11-23/h2-17,29H,18H2,1H3,(H,34,35)/t29-/m0/s1. The molecule has 8 rings (SSSR count). The molecule has 0 spiro atoms. The van der Waals surface area contributed by atoms with Crippen LogP contribution in [0.3, 0.4) is 0 Å². The number of fused-ring (bicyclic) bond motifs is 5. The van der Waals surface area contributed by atoms with Crippen molar-refractivity contribution in [1.29, 1.82) is 0 Å². The van der Waals surface area contributed by atoms with E-state index in [1.807, 2.05) is 96.5 Å². The first-order valence-corrected chi connectivity index (χ1v) is 13.6. The van der Waals surface area contributed by atoms with Gasteiger partial charge in [0.25, 0.3) is 0 Å². The number of ether oxygens (including phenoxy) is 2. The molecule has 0 bridgehead atoms. The highest BCUT2D eigenvalue weighted by Crippen LogP contribution is 2.48. The van der Waals surface area contributed by atoms with Gasteiger partial charge in [-0.1, -0.05) is 54.1 Å². The molecule has 5 aromatic rings. The average molecular weight is 559 g/mol. The highest BCUT2D eigenvalue weighted by Gasteiger charge is 2.41. The third-order valence-corrected chi connectivity index (χ3v) is 7.67. The Morgan fingerprint density at radius 2 is 1.68 bits per heavy atom. The van der Waals surface area contributed by atoms with Gasteiger partial charge in [-0.2, -0.15) is 5.10 Å². The smallest absolute Gasteiger partial charge is 0.231 e. The normalized spacial score (nSPS) is 16.3. The van der Waals surface area contributed by atoms with Crippen molar-refractivity contribution in [3.63, 3.8) is 0 Å². The lowest BCUT2D eigenvalue weighted by molar-refractivity contribution is 0.174. The number of halogens is 1. The maximum atomic E-state index is 6.56. The highest BCUT2D eigenvalue weighted by atomic mass is 35.5. The quantitative estimate of drug-likeness (QED) is 0.250. The molecule has 0 radical (unpaired) electrons. The Kier molecular flexibility index (Phi) is 5.36. The van der Waals surface area contributed by atoms with Gasteiger partial charge in [0.05, 0.1) is 28.8 Å². The van der Waals surface area contributed by atoms with E-state index >= 15 is 0 Å². The van der Waals surface area contributed by atoms with Gasteiger partial charge in [0.2, 0.25) is 6.79 Å². The molecule has 0 unspecified atom stereocenters. The van der Waals surface area contributed by atoms with E-state index < -0.39 is 0 Å². The first-order chi connectivity index (χ1) is 20.1. The zero-order chi connectivity index (χ0) is 27.5. The van der Waals surface area contributed by atoms with Crippen LogP contribution in [0.4, 0.5) is 22.9 Å². The van der Waals surface area contributed by atoms with Crippen LogP contribution in [0, 0.1) is 6.92 Å². The van der Waals surface area contributed by atoms with E-state index in [0.717, 1.165) is 51.1 Å². The van der Waals surface area contributed by atoms with Gasteiger partial charge in [-0.05, 0) is 61.0 Å². The lowest BCUT2D eigenvalue weighted by Crippen LogP contribution is -2.46. The molecule has 0 saturated carbocycles. The zero-order valence-electron chi connectivity index (χ0n) is 22.0. The molecule has 4 heterocycles. The number of hydrogen-bond acceptors (Lipinski definition) is 7. The number of anilines is 2. The minimum atomic E-state index is -0.251. The largest absolute Gasteiger partial charge is 0.454 e. The number of benzene rings is 4. The Bertz CT molecular complexity index is 1900. The van der Waals surface area contributed by atoms with Crippen LogP contribution in [0.1, 0.15) is 22.9 Å². The molecule has 3 aliphatic heterocycles. The number of nitrogens with zero attached hydrogens (tertiary/aromatic N) is 5. The van der Waals surface area contributed by atoms with E-state index in [0.29, 0.717) is 22.4 Å². The van der Waals surface area contributed by atoms with Crippen molar-refractivity contribution in [1.82, 2.24) is 9.78 Å². The molecule has 4 aromatic carbocycles. The topological polar surface area (TPSA) is 76.3 Å². The monoisotopic (exact) mass is 558 g/mol. The maximum absolute atomic E-state index is 6.56. The molecule has 0 saturated heterocycles. The van der Waals surface area contributed by atoms with E-state index in [1.54, 1.807) is 0 Å². The number of para-hydroxylation sites is 3. The number of aryl methyl sites for hydroxylation is 1. The van der Waals surface area contributed by atoms with E-state index in [2.05, 4.69) is 22.3 Å². The minimum absolute atomic E-state index is 0.209. The number of rotatable bonds is 3. The number of amidine groups is 2. The molecule has 1 N–H and O–H groups in total. The summed E-state index contributed by atoms with van der Waals surface area (Å²) in [4.78, 5) is 12.6. The first-order valence-electron chi connectivity index (χ1n) is 13.3. The predicted molar refractivity (Wildman–Crippen MR) is 161 cm³/mol. The molecule has 1 atom stereocenters. The van der Waals surface area contributed by atoms with Crippen molar-refractivity contribution in [2.45, 2.75) is 13.0 Å². The van der Waals surface area contributed by atoms with Crippen LogP contribution in [-0.2, 0) is 0 Å². The number of aliphatic imine (C=N–C) groups is 2. The molecule has 1 aromatic heterocycles. The summed E-state index contributed by atoms with van der Waals surface area (Å²) in [5, 5.41) is 9.16. The van der Waals surface area contributed by atoms with Crippen molar-refractivity contribution < 1.29 is 9.47 Å². The van der Waals surface area contributed by atoms with Gasteiger partial charge in [0.15, 0.2) is 29.0 Å². The fourth-order valence-electron chi connectivity index (χ4n) is 5.65. The molecule has 0 aliphatic carbocycles. The SMILES string of the molecule is Cc1nn(-c2ccccc2)c2c1[C@H](c1cccc(Cl)c1)N1C(=N2)C(Nc2ccc3c(c2)OCO3)=Nc2ccccc21. The minimum Gasteiger partial charge on any atom is -0.454 e. The molecule has 3 aliphatic rings. The summed E-state index contributed by atoms with van der Waals surface area (Å²) in [7, 11) is 0. The molecular formula is C32H23ClN6O2. The summed E-state index contributed by atoms with van der Waals surface area (Å²) in [5.41, 5.74) is 6.45. The van der Waals surface area contributed by atoms with Gasteiger partial charge in [-0.3, -0.25) is 0 Å². The van der Waals surface area contributed by atoms with Crippen LogP contribution < -0.4 is 19.7 Å². The van der Waals surface area contributed by atoms with Crippen molar-refractivity contribution in [3.05, 3.63) is 119 Å². The van der Waals surface area contributed by atoms with Crippen LogP contribution in [0.15, 0.2) is 107 Å². The molecule has 9 heteroatoms. The van der Waals surface area contributed by atoms with E-state index in [-0.39, 0.29) is 12.8 Å². The number of hydrogen-bond donors (Lipinski definition) is 1. The second kappa shape index (κ2) is 9.25. The second-order valence-corrected chi connectivity index (χ2v) is 10.4. The Morgan fingerprint density at radius 1 is 0.854 bits per heavy atom. The van der Waals surface area contributed by atoms with E-state index in [4.69, 9.17) is 36.2 Å². The number of nitrogens with one attached hydrogen (secondary N) is 1. The maximum Gasteiger partial charge on any atom is 0.231 e. The van der Waals surface area contributed by atoms with Gasteiger partial charge in [0, 0.05) is 22.3 Å². The summed E-state index contributed by atoms with van der Waals surface area (Å²) in [6.45, 7) is 2.24. The first kappa shape index (κ1) is 23.8. The van der Waals surface area contributed by atoms with Gasteiger partial charge < -0.3 is 19.7 Å². The predicted octanol–water partition coefficient (Wildman–Crippen LogP) is 7.36. The lowest BCUT2D eigenvalue weighted by atomic mass is 9.93. The third-order valence-electron chi connectivity index (χ3n) is 7.44. The Balaban J connectivity index is 1.37. The summed E-state index contributed by atoms with van der Waals surface area (Å²) < 4.78 is 13.0. The van der Waals surface area contributed by atoms with Crippen molar-refractivity contribution in [2.24, 2.45) is 9.98 Å². The third kappa shape index (κ3) is 3.87. The van der Waals surface area contributed by atoms with Gasteiger partial charge >= 0.3 is 0 Å². The molecule has 41 heavy (non-hydrogen) atoms. The Morgan fingerprint density at radius 3 is 2.56 bits per heavy atom. The summed E-state index contributed by atoms with van der Waals surface area (Å²) in [5.74, 6) is 3.45. The summed E-state index contributed by atoms with van der Waals surface area (Å²) >= 11 is 6.56. The molecule has 200 valence electrons. The Hall–Kier alpha value is -5.08. The average Bonchev–Trinajstić information content (AvgIpc) is 3.60. The number of aromatic nitrogens is 2. The van der Waals surface area contributed by atoms with Crippen LogP contribution in [0.25, 0.3) is 5.69 Å². The van der Waals surface area contributed by atoms with Crippen molar-refractivity contribution >= 4 is 46.2 Å². The van der Waals surface area contributed by atoms with Gasteiger partial charge in [-0.25, -0.2) is 14.7 Å². The summed E-state index contributed by atoms with van der Waals surface area (Å²) in [6.07, 6.45) is 0. The summed E-state index contributed by atoms with van der Waals surface area (Å²) in [6, 6.07) is 31.6. The Labute approximate surface area is 241 Å². The highest BCUT2D eigenvalue weighted by molar-refractivity contribution is 6.51. The van der Waals surface area contributed by atoms with Crippen LogP contribution in [0.2, 0.25) is 5.02 Å². The molecule has 0 amide bonds. The van der Waals surface area contributed by atoms with E-state index in [9.17, 15) is 0 Å².